The van der Waals surface area contributed by atoms with Crippen molar-refractivity contribution < 1.29 is 4.79 Å². The minimum Gasteiger partial charge on any atom is -0.360 e. The number of halogens is 2. The molecule has 0 spiro atoms. The minimum absolute atomic E-state index is 0.0531. The van der Waals surface area contributed by atoms with Crippen molar-refractivity contribution in [1.29, 1.82) is 0 Å². The van der Waals surface area contributed by atoms with Crippen LogP contribution in [0.2, 0.25) is 0 Å². The molecular weight excluding hydrogens is 458 g/mol. The van der Waals surface area contributed by atoms with E-state index in [1.165, 1.54) is 0 Å². The van der Waals surface area contributed by atoms with Crippen LogP contribution in [-0.4, -0.2) is 10.9 Å². The van der Waals surface area contributed by atoms with Crippen LogP contribution in [0, 0.1) is 6.92 Å². The summed E-state index contributed by atoms with van der Waals surface area (Å²) in [7, 11) is 0. The highest BCUT2D eigenvalue weighted by atomic mass is 79.9. The topological polar surface area (TPSA) is 45.2 Å². The molecule has 4 nitrogen and oxygen atoms in total. The van der Waals surface area contributed by atoms with Crippen molar-refractivity contribution in [2.75, 3.05) is 10.2 Å². The van der Waals surface area contributed by atoms with Crippen molar-refractivity contribution in [3.8, 4) is 0 Å². The molecular formula is C20H15Br2N3O. The number of aryl methyl sites for hydroxylation is 1. The maximum atomic E-state index is 13.0. The van der Waals surface area contributed by atoms with Crippen LogP contribution in [0.4, 0.5) is 11.5 Å². The van der Waals surface area contributed by atoms with E-state index < -0.39 is 0 Å². The van der Waals surface area contributed by atoms with Crippen LogP contribution in [0.1, 0.15) is 27.7 Å². The first-order chi connectivity index (χ1) is 12.5. The van der Waals surface area contributed by atoms with Crippen molar-refractivity contribution in [2.45, 2.75) is 13.1 Å². The fourth-order valence-electron chi connectivity index (χ4n) is 3.05. The molecule has 2 heterocycles. The molecule has 0 saturated carbocycles. The quantitative estimate of drug-likeness (QED) is 0.532. The first kappa shape index (κ1) is 17.2. The Kier molecular flexibility index (Phi) is 4.54. The average molecular weight is 473 g/mol. The Labute approximate surface area is 168 Å². The highest BCUT2D eigenvalue weighted by Gasteiger charge is 2.38. The second kappa shape index (κ2) is 6.85. The summed E-state index contributed by atoms with van der Waals surface area (Å²) in [5, 5.41) is 3.48. The number of pyridine rings is 1. The van der Waals surface area contributed by atoms with E-state index in [1.54, 1.807) is 11.1 Å². The lowest BCUT2D eigenvalue weighted by Gasteiger charge is -2.26. The monoisotopic (exact) mass is 471 g/mol. The molecule has 0 aliphatic carbocycles. The number of fused-ring (bicyclic) bond motifs is 1. The van der Waals surface area contributed by atoms with Crippen molar-refractivity contribution in [2.24, 2.45) is 0 Å². The fourth-order valence-corrected chi connectivity index (χ4v) is 4.21. The number of hydrogen-bond donors (Lipinski definition) is 1. The molecule has 1 N–H and O–H groups in total. The van der Waals surface area contributed by atoms with Gasteiger partial charge in [0.2, 0.25) is 0 Å². The summed E-state index contributed by atoms with van der Waals surface area (Å²) in [4.78, 5) is 19.2. The Morgan fingerprint density at radius 1 is 1.08 bits per heavy atom. The van der Waals surface area contributed by atoms with E-state index in [0.29, 0.717) is 11.4 Å². The average Bonchev–Trinajstić information content (AvgIpc) is 2.91. The number of carbonyl (C=O) groups is 1. The minimum atomic E-state index is -0.327. The second-order valence-corrected chi connectivity index (χ2v) is 7.90. The van der Waals surface area contributed by atoms with Crippen molar-refractivity contribution >= 4 is 49.3 Å². The van der Waals surface area contributed by atoms with E-state index in [9.17, 15) is 4.79 Å². The first-order valence-corrected chi connectivity index (χ1v) is 9.70. The number of nitrogens with one attached hydrogen (secondary N) is 1. The summed E-state index contributed by atoms with van der Waals surface area (Å²) in [6.07, 6.45) is 1.45. The molecule has 0 unspecified atom stereocenters. The lowest BCUT2D eigenvalue weighted by molar-refractivity contribution is 0.0992. The molecule has 0 saturated heterocycles. The van der Waals surface area contributed by atoms with E-state index in [2.05, 4.69) is 42.2 Å². The van der Waals surface area contributed by atoms with Crippen LogP contribution in [0.25, 0.3) is 0 Å². The van der Waals surface area contributed by atoms with Gasteiger partial charge in [-0.25, -0.2) is 4.98 Å². The van der Waals surface area contributed by atoms with Crippen LogP contribution in [0.15, 0.2) is 69.7 Å². The Morgan fingerprint density at radius 3 is 2.62 bits per heavy atom. The third kappa shape index (κ3) is 3.04. The van der Waals surface area contributed by atoms with Gasteiger partial charge in [-0.1, -0.05) is 40.2 Å². The van der Waals surface area contributed by atoms with Gasteiger partial charge in [0, 0.05) is 26.3 Å². The standard InChI is InChI=1S/C20H15Br2N3O/c1-12-6-9-18(23-11-12)25-19(14-4-2-3-5-15(14)20(25)26)24-17-8-7-13(21)10-16(17)22/h2-11,19,24H,1H3/t19-/m0/s1. The molecule has 0 fully saturated rings. The molecule has 0 bridgehead atoms. The molecule has 130 valence electrons. The van der Waals surface area contributed by atoms with Crippen LogP contribution >= 0.6 is 31.9 Å². The van der Waals surface area contributed by atoms with E-state index in [4.69, 9.17) is 0 Å². The number of amides is 1. The summed E-state index contributed by atoms with van der Waals surface area (Å²) in [5.41, 5.74) is 3.59. The SMILES string of the molecule is Cc1ccc(N2C(=O)c3ccccc3[C@H]2Nc2ccc(Br)cc2Br)nc1. The molecule has 1 aliphatic rings. The molecule has 4 rings (SSSR count). The second-order valence-electron chi connectivity index (χ2n) is 6.13. The summed E-state index contributed by atoms with van der Waals surface area (Å²) < 4.78 is 1.90. The third-order valence-electron chi connectivity index (χ3n) is 4.33. The van der Waals surface area contributed by atoms with Crippen molar-refractivity contribution in [3.05, 3.63) is 86.4 Å². The maximum absolute atomic E-state index is 13.0. The van der Waals surface area contributed by atoms with E-state index in [-0.39, 0.29) is 12.1 Å². The zero-order chi connectivity index (χ0) is 18.3. The summed E-state index contributed by atoms with van der Waals surface area (Å²) in [5.74, 6) is 0.574. The number of rotatable bonds is 3. The fraction of sp³-hybridized carbons (Fsp3) is 0.100. The molecule has 2 aromatic carbocycles. The van der Waals surface area contributed by atoms with Crippen molar-refractivity contribution in [3.63, 3.8) is 0 Å². The Balaban J connectivity index is 1.79. The number of carbonyl (C=O) groups excluding carboxylic acids is 1. The molecule has 6 heteroatoms. The van der Waals surface area contributed by atoms with E-state index >= 15 is 0 Å². The number of anilines is 2. The van der Waals surface area contributed by atoms with Crippen LogP contribution in [-0.2, 0) is 0 Å². The lowest BCUT2D eigenvalue weighted by Crippen LogP contribution is -2.33. The van der Waals surface area contributed by atoms with Gasteiger partial charge in [0.25, 0.3) is 5.91 Å². The van der Waals surface area contributed by atoms with Gasteiger partial charge < -0.3 is 5.32 Å². The highest BCUT2D eigenvalue weighted by Crippen LogP contribution is 2.39. The van der Waals surface area contributed by atoms with Gasteiger partial charge in [0.1, 0.15) is 12.0 Å². The van der Waals surface area contributed by atoms with E-state index in [0.717, 1.165) is 25.8 Å². The van der Waals surface area contributed by atoms with Gasteiger partial charge in [0.05, 0.1) is 5.69 Å². The zero-order valence-corrected chi connectivity index (χ0v) is 17.1. The number of hydrogen-bond acceptors (Lipinski definition) is 3. The van der Waals surface area contributed by atoms with Gasteiger partial charge in [-0.3, -0.25) is 9.69 Å². The van der Waals surface area contributed by atoms with E-state index in [1.807, 2.05) is 61.5 Å². The predicted octanol–water partition coefficient (Wildman–Crippen LogP) is 5.69. The van der Waals surface area contributed by atoms with Crippen LogP contribution in [0.3, 0.4) is 0 Å². The van der Waals surface area contributed by atoms with Crippen LogP contribution < -0.4 is 10.2 Å². The number of aromatic nitrogens is 1. The Hall–Kier alpha value is -2.18. The maximum Gasteiger partial charge on any atom is 0.261 e. The Morgan fingerprint density at radius 2 is 1.88 bits per heavy atom. The van der Waals surface area contributed by atoms with Gasteiger partial charge >= 0.3 is 0 Å². The number of nitrogens with zero attached hydrogens (tertiary/aromatic N) is 2. The summed E-state index contributed by atoms with van der Waals surface area (Å²) in [6, 6.07) is 17.4. The van der Waals surface area contributed by atoms with Gasteiger partial charge in [-0.15, -0.1) is 0 Å². The largest absolute Gasteiger partial charge is 0.360 e. The summed E-state index contributed by atoms with van der Waals surface area (Å²) >= 11 is 7.05. The smallest absolute Gasteiger partial charge is 0.261 e. The summed E-state index contributed by atoms with van der Waals surface area (Å²) in [6.45, 7) is 1.98. The molecule has 1 aliphatic heterocycles. The molecule has 0 radical (unpaired) electrons. The molecule has 1 aromatic heterocycles. The molecule has 3 aromatic rings. The Bertz CT molecular complexity index is 989. The normalized spacial score (nSPS) is 15.9. The predicted molar refractivity (Wildman–Crippen MR) is 110 cm³/mol. The number of benzene rings is 2. The molecule has 1 amide bonds. The van der Waals surface area contributed by atoms with Gasteiger partial charge in [-0.05, 0) is 58.7 Å². The van der Waals surface area contributed by atoms with Gasteiger partial charge in [0.15, 0.2) is 0 Å². The zero-order valence-electron chi connectivity index (χ0n) is 13.9. The van der Waals surface area contributed by atoms with Crippen LogP contribution in [0.5, 0.6) is 0 Å². The highest BCUT2D eigenvalue weighted by molar-refractivity contribution is 9.11. The molecule has 1 atom stereocenters. The van der Waals surface area contributed by atoms with Crippen molar-refractivity contribution in [1.82, 2.24) is 4.98 Å². The lowest BCUT2D eigenvalue weighted by atomic mass is 10.1. The van der Waals surface area contributed by atoms with Gasteiger partial charge in [-0.2, -0.15) is 0 Å². The first-order valence-electron chi connectivity index (χ1n) is 8.11. The molecule has 26 heavy (non-hydrogen) atoms. The third-order valence-corrected chi connectivity index (χ3v) is 5.48.